The summed E-state index contributed by atoms with van der Waals surface area (Å²) < 4.78 is 119. The van der Waals surface area contributed by atoms with Crippen LogP contribution in [0.25, 0.3) is 21.9 Å². The zero-order valence-electron chi connectivity index (χ0n) is 25.4. The summed E-state index contributed by atoms with van der Waals surface area (Å²) in [5.74, 6) is 0. The monoisotopic (exact) mass is 802 g/mol. The van der Waals surface area contributed by atoms with Gasteiger partial charge in [-0.25, -0.2) is 43.6 Å². The summed E-state index contributed by atoms with van der Waals surface area (Å²) in [5.41, 5.74) is 0.802. The molecular formula is C30H22N6O9S6. The van der Waals surface area contributed by atoms with E-state index in [-0.39, 0.29) is 41.2 Å². The maximum Gasteiger partial charge on any atom is 0.263 e. The summed E-state index contributed by atoms with van der Waals surface area (Å²) in [5, 5.41) is 4.24. The lowest BCUT2D eigenvalue weighted by atomic mass is 10.1. The molecule has 0 unspecified atom stereocenters. The first-order valence-corrected chi connectivity index (χ1v) is 21.9. The first-order chi connectivity index (χ1) is 24.2. The Morgan fingerprint density at radius 3 is 1.16 bits per heavy atom. The average Bonchev–Trinajstić information content (AvgIpc) is 3.86. The summed E-state index contributed by atoms with van der Waals surface area (Å²) in [4.78, 5) is 7.26. The molecule has 15 nitrogen and oxygen atoms in total. The number of rotatable bonds is 12. The molecule has 3 aromatic heterocycles. The van der Waals surface area contributed by atoms with Gasteiger partial charge in [-0.05, 0) is 84.9 Å². The fraction of sp³-hybridized carbons (Fsp3) is 0. The predicted octanol–water partition coefficient (Wildman–Crippen LogP) is 5.70. The van der Waals surface area contributed by atoms with E-state index >= 15 is 0 Å². The quantitative estimate of drug-likeness (QED) is 0.117. The molecule has 7 rings (SSSR count). The normalized spacial score (nSPS) is 12.5. The SMILES string of the molecule is O=S(=O)(Nc1ccc(S(=O)(=O)Nc2nccs2)cc1)c1ccc2oc3ccc(S(=O)(=O)Nc4ccc(S(=O)(=O)Nc5nccs5)cc4)cc3c2c1. The molecule has 0 saturated heterocycles. The van der Waals surface area contributed by atoms with Gasteiger partial charge in [0, 0.05) is 45.3 Å². The minimum absolute atomic E-state index is 0.0983. The minimum atomic E-state index is -4.19. The molecular weight excluding hydrogens is 781 g/mol. The van der Waals surface area contributed by atoms with Crippen molar-refractivity contribution in [2.45, 2.75) is 19.6 Å². The minimum Gasteiger partial charge on any atom is -0.456 e. The number of hydrogen-bond donors (Lipinski definition) is 4. The van der Waals surface area contributed by atoms with Crippen LogP contribution < -0.4 is 18.9 Å². The number of thiazole rings is 2. The highest BCUT2D eigenvalue weighted by Gasteiger charge is 2.22. The molecule has 0 radical (unpaired) electrons. The van der Waals surface area contributed by atoms with Crippen LogP contribution in [-0.4, -0.2) is 43.6 Å². The standard InChI is InChI=1S/C30H22N6O9S6/c37-48(38,35-29-31-13-15-46-29)21-5-1-19(2-6-21)33-50(41,42)23-9-11-27-25(17-23)26-18-24(10-12-28(26)45-27)51(43,44)34-20-3-7-22(8-4-20)49(39,40)36-30-32-14-16-47-30/h1-18,33-34H,(H,31,35)(H,32,36). The molecule has 0 aliphatic heterocycles. The summed E-state index contributed by atoms with van der Waals surface area (Å²) >= 11 is 2.21. The second kappa shape index (κ2) is 12.9. The molecule has 0 fully saturated rings. The van der Waals surface area contributed by atoms with Gasteiger partial charge in [0.25, 0.3) is 40.1 Å². The van der Waals surface area contributed by atoms with E-state index in [1.165, 1.54) is 97.3 Å². The van der Waals surface area contributed by atoms with Crippen LogP contribution in [0.2, 0.25) is 0 Å². The van der Waals surface area contributed by atoms with Crippen molar-refractivity contribution in [1.82, 2.24) is 9.97 Å². The van der Waals surface area contributed by atoms with Crippen LogP contribution in [0, 0.1) is 0 Å². The van der Waals surface area contributed by atoms with Crippen molar-refractivity contribution >= 4 is 106 Å². The van der Waals surface area contributed by atoms with Crippen LogP contribution in [0.1, 0.15) is 0 Å². The molecule has 4 N–H and O–H groups in total. The highest BCUT2D eigenvalue weighted by molar-refractivity contribution is 7.93. The molecule has 0 saturated carbocycles. The summed E-state index contributed by atoms with van der Waals surface area (Å²) in [7, 11) is -16.3. The largest absolute Gasteiger partial charge is 0.456 e. The van der Waals surface area contributed by atoms with Crippen LogP contribution in [0.5, 0.6) is 0 Å². The van der Waals surface area contributed by atoms with Crippen molar-refractivity contribution in [1.29, 1.82) is 0 Å². The fourth-order valence-corrected chi connectivity index (χ4v) is 10.5. The first-order valence-electron chi connectivity index (χ1n) is 14.3. The lowest BCUT2D eigenvalue weighted by Crippen LogP contribution is -2.14. The Labute approximate surface area is 299 Å². The van der Waals surface area contributed by atoms with Crippen LogP contribution >= 0.6 is 22.7 Å². The Kier molecular flexibility index (Phi) is 8.71. The van der Waals surface area contributed by atoms with Crippen molar-refractivity contribution in [3.05, 3.63) is 108 Å². The molecule has 0 amide bonds. The Bertz CT molecular complexity index is 2650. The van der Waals surface area contributed by atoms with Gasteiger partial charge in [-0.2, -0.15) is 0 Å². The molecule has 0 aliphatic carbocycles. The van der Waals surface area contributed by atoms with E-state index in [0.717, 1.165) is 22.7 Å². The molecule has 3 heterocycles. The van der Waals surface area contributed by atoms with Gasteiger partial charge in [0.05, 0.1) is 19.6 Å². The molecule has 0 bridgehead atoms. The molecule has 7 aromatic rings. The van der Waals surface area contributed by atoms with E-state index in [4.69, 9.17) is 4.42 Å². The van der Waals surface area contributed by atoms with Crippen molar-refractivity contribution < 1.29 is 38.1 Å². The molecule has 51 heavy (non-hydrogen) atoms. The summed E-state index contributed by atoms with van der Waals surface area (Å²) in [6, 6.07) is 18.4. The number of aromatic nitrogens is 2. The van der Waals surface area contributed by atoms with E-state index in [2.05, 4.69) is 28.9 Å². The van der Waals surface area contributed by atoms with Gasteiger partial charge in [-0.15, -0.1) is 22.7 Å². The number of anilines is 4. The summed E-state index contributed by atoms with van der Waals surface area (Å²) in [6.07, 6.45) is 2.90. The topological polar surface area (TPSA) is 224 Å². The van der Waals surface area contributed by atoms with Gasteiger partial charge < -0.3 is 4.42 Å². The second-order valence-electron chi connectivity index (χ2n) is 10.6. The van der Waals surface area contributed by atoms with Gasteiger partial charge in [-0.3, -0.25) is 18.9 Å². The van der Waals surface area contributed by atoms with Crippen LogP contribution in [0.4, 0.5) is 21.6 Å². The van der Waals surface area contributed by atoms with Crippen molar-refractivity contribution in [3.63, 3.8) is 0 Å². The zero-order chi connectivity index (χ0) is 36.0. The zero-order valence-corrected chi connectivity index (χ0v) is 30.3. The Morgan fingerprint density at radius 2 is 0.804 bits per heavy atom. The van der Waals surface area contributed by atoms with Gasteiger partial charge in [-0.1, -0.05) is 0 Å². The smallest absolute Gasteiger partial charge is 0.263 e. The van der Waals surface area contributed by atoms with E-state index in [1.54, 1.807) is 10.8 Å². The van der Waals surface area contributed by atoms with Crippen molar-refractivity contribution in [2.75, 3.05) is 18.9 Å². The molecule has 0 atom stereocenters. The highest BCUT2D eigenvalue weighted by atomic mass is 32.2. The highest BCUT2D eigenvalue weighted by Crippen LogP contribution is 2.33. The van der Waals surface area contributed by atoms with E-state index < -0.39 is 40.1 Å². The number of hydrogen-bond acceptors (Lipinski definition) is 13. The Balaban J connectivity index is 1.11. The molecule has 0 aliphatic rings. The Morgan fingerprint density at radius 1 is 0.451 bits per heavy atom. The number of nitrogens with zero attached hydrogens (tertiary/aromatic N) is 2. The maximum absolute atomic E-state index is 13.4. The van der Waals surface area contributed by atoms with E-state index in [0.29, 0.717) is 21.9 Å². The number of benzene rings is 4. The lowest BCUT2D eigenvalue weighted by molar-refractivity contribution is 0.599. The lowest BCUT2D eigenvalue weighted by Gasteiger charge is -2.10. The van der Waals surface area contributed by atoms with E-state index in [1.807, 2.05) is 0 Å². The second-order valence-corrected chi connectivity index (χ2v) is 19.1. The fourth-order valence-electron chi connectivity index (χ4n) is 4.80. The number of nitrogens with one attached hydrogen (secondary N) is 4. The van der Waals surface area contributed by atoms with Gasteiger partial charge >= 0.3 is 0 Å². The van der Waals surface area contributed by atoms with Crippen LogP contribution in [0.15, 0.2) is 132 Å². The molecule has 262 valence electrons. The van der Waals surface area contributed by atoms with Gasteiger partial charge in [0.1, 0.15) is 11.2 Å². The van der Waals surface area contributed by atoms with Gasteiger partial charge in [0.2, 0.25) is 0 Å². The molecule has 0 spiro atoms. The third kappa shape index (κ3) is 7.25. The van der Waals surface area contributed by atoms with Crippen molar-refractivity contribution in [3.8, 4) is 0 Å². The van der Waals surface area contributed by atoms with Gasteiger partial charge in [0.15, 0.2) is 10.3 Å². The number of furan rings is 1. The number of fused-ring (bicyclic) bond motifs is 3. The Hall–Kier alpha value is -5.06. The first kappa shape index (κ1) is 34.4. The predicted molar refractivity (Wildman–Crippen MR) is 194 cm³/mol. The van der Waals surface area contributed by atoms with Crippen LogP contribution in [0.3, 0.4) is 0 Å². The third-order valence-electron chi connectivity index (χ3n) is 7.17. The summed E-state index contributed by atoms with van der Waals surface area (Å²) in [6.45, 7) is 0. The van der Waals surface area contributed by atoms with Crippen LogP contribution in [-0.2, 0) is 40.1 Å². The maximum atomic E-state index is 13.4. The van der Waals surface area contributed by atoms with Crippen molar-refractivity contribution in [2.24, 2.45) is 0 Å². The van der Waals surface area contributed by atoms with E-state index in [9.17, 15) is 33.7 Å². The molecule has 21 heteroatoms. The third-order valence-corrected chi connectivity index (χ3v) is 14.3. The molecule has 4 aromatic carbocycles. The average molecular weight is 803 g/mol. The number of sulfonamides is 4.